The molecule has 3 heterocycles. The van der Waals surface area contributed by atoms with E-state index in [2.05, 4.69) is 32.3 Å². The highest BCUT2D eigenvalue weighted by molar-refractivity contribution is 5.80. The summed E-state index contributed by atoms with van der Waals surface area (Å²) in [7, 11) is 1.80. The number of hydroxylamine groups is 1. The van der Waals surface area contributed by atoms with Crippen LogP contribution >= 0.6 is 0 Å². The summed E-state index contributed by atoms with van der Waals surface area (Å²) in [6.07, 6.45) is 10.3. The molecule has 2 amide bonds. The summed E-state index contributed by atoms with van der Waals surface area (Å²) in [5, 5.41) is 9.94. The van der Waals surface area contributed by atoms with E-state index in [4.69, 9.17) is 9.57 Å². The molecular weight excluding hydrogens is 424 g/mol. The van der Waals surface area contributed by atoms with Crippen LogP contribution in [0.5, 0.6) is 0 Å². The van der Waals surface area contributed by atoms with E-state index in [0.717, 1.165) is 70.9 Å². The van der Waals surface area contributed by atoms with Crippen molar-refractivity contribution in [3.63, 3.8) is 0 Å². The first kappa shape index (κ1) is 24.8. The van der Waals surface area contributed by atoms with Crippen LogP contribution in [0.1, 0.15) is 64.2 Å². The second-order valence-corrected chi connectivity index (χ2v) is 10.0. The average Bonchev–Trinajstić information content (AvgIpc) is 3.33. The van der Waals surface area contributed by atoms with E-state index in [-0.39, 0.29) is 42.1 Å². The predicted molar refractivity (Wildman–Crippen MR) is 124 cm³/mol. The second-order valence-electron chi connectivity index (χ2n) is 10.0. The lowest BCUT2D eigenvalue weighted by Gasteiger charge is -2.42. The van der Waals surface area contributed by atoms with Crippen molar-refractivity contribution in [3.05, 3.63) is 0 Å². The molecule has 10 heteroatoms. The number of ether oxygens (including phenoxy) is 1. The van der Waals surface area contributed by atoms with E-state index in [1.165, 1.54) is 0 Å². The van der Waals surface area contributed by atoms with Gasteiger partial charge in [0.2, 0.25) is 11.8 Å². The van der Waals surface area contributed by atoms with Crippen LogP contribution in [0.4, 0.5) is 0 Å². The minimum atomic E-state index is 0.00892. The van der Waals surface area contributed by atoms with Crippen LogP contribution in [-0.4, -0.2) is 69.0 Å². The molecule has 0 aromatic heterocycles. The van der Waals surface area contributed by atoms with Gasteiger partial charge in [-0.2, -0.15) is 5.48 Å². The summed E-state index contributed by atoms with van der Waals surface area (Å²) in [5.74, 6) is 0.786. The van der Waals surface area contributed by atoms with Crippen molar-refractivity contribution in [3.8, 4) is 0 Å². The van der Waals surface area contributed by atoms with Crippen LogP contribution in [0.3, 0.4) is 0 Å². The number of methoxy groups -OCH3 is 1. The topological polar surface area (TPSA) is 125 Å². The minimum absolute atomic E-state index is 0.00892. The van der Waals surface area contributed by atoms with Crippen molar-refractivity contribution in [2.45, 2.75) is 94.7 Å². The number of carbonyl (C=O) groups excluding carboxylic acids is 2. The Balaban J connectivity index is 1.04. The van der Waals surface area contributed by atoms with Crippen LogP contribution in [0.25, 0.3) is 0 Å². The van der Waals surface area contributed by atoms with Crippen LogP contribution in [0, 0.1) is 11.8 Å². The Labute approximate surface area is 197 Å². The van der Waals surface area contributed by atoms with E-state index >= 15 is 0 Å². The lowest BCUT2D eigenvalue weighted by molar-refractivity contribution is -0.131. The van der Waals surface area contributed by atoms with Gasteiger partial charge in [-0.1, -0.05) is 0 Å². The Morgan fingerprint density at radius 1 is 1.18 bits per heavy atom. The summed E-state index contributed by atoms with van der Waals surface area (Å²) in [6.45, 7) is 2.36. The van der Waals surface area contributed by atoms with Gasteiger partial charge in [0.25, 0.3) is 0 Å². The van der Waals surface area contributed by atoms with Gasteiger partial charge in [-0.15, -0.1) is 0 Å². The molecular formula is C23H42N6O4. The maximum absolute atomic E-state index is 12.3. The smallest absolute Gasteiger partial charge is 0.238 e. The minimum Gasteiger partial charge on any atom is -0.381 e. The predicted octanol–water partition coefficient (Wildman–Crippen LogP) is 0.0585. The Morgan fingerprint density at radius 3 is 2.85 bits per heavy atom. The number of fused-ring (bicyclic) bond motifs is 1. The largest absolute Gasteiger partial charge is 0.381 e. The molecule has 4 rings (SSSR count). The molecule has 0 radical (unpaired) electrons. The Morgan fingerprint density at radius 2 is 2.03 bits per heavy atom. The van der Waals surface area contributed by atoms with Crippen molar-refractivity contribution in [2.75, 3.05) is 26.7 Å². The number of carbonyl (C=O) groups is 2. The van der Waals surface area contributed by atoms with Crippen LogP contribution in [0.2, 0.25) is 0 Å². The number of amides is 2. The number of hydrogen-bond donors (Lipinski definition) is 6. The molecule has 0 aromatic rings. The molecule has 0 aromatic carbocycles. The summed E-state index contributed by atoms with van der Waals surface area (Å²) in [5.41, 5.74) is 9.00. The monoisotopic (exact) mass is 466 g/mol. The number of hydrogen-bond acceptors (Lipinski definition) is 8. The molecule has 3 saturated heterocycles. The van der Waals surface area contributed by atoms with Crippen molar-refractivity contribution in [1.82, 2.24) is 32.3 Å². The van der Waals surface area contributed by atoms with Crippen LogP contribution in [0.15, 0.2) is 0 Å². The number of piperidine rings is 1. The lowest BCUT2D eigenvalue weighted by atomic mass is 9.82. The first-order valence-corrected chi connectivity index (χ1v) is 12.9. The Bertz CT molecular complexity index is 644. The van der Waals surface area contributed by atoms with E-state index in [1.807, 2.05) is 0 Å². The van der Waals surface area contributed by atoms with E-state index in [9.17, 15) is 9.59 Å². The van der Waals surface area contributed by atoms with Gasteiger partial charge < -0.3 is 15.4 Å². The molecule has 4 aliphatic rings. The zero-order chi connectivity index (χ0) is 23.0. The fraction of sp³-hybridized carbons (Fsp3) is 0.913. The fourth-order valence-corrected chi connectivity index (χ4v) is 5.76. The number of hydrazine groups is 1. The third kappa shape index (κ3) is 6.86. The molecule has 1 saturated carbocycles. The van der Waals surface area contributed by atoms with E-state index < -0.39 is 0 Å². The lowest BCUT2D eigenvalue weighted by Crippen LogP contribution is -2.71. The normalized spacial score (nSPS) is 36.8. The molecule has 4 fully saturated rings. The molecule has 188 valence electrons. The Hall–Kier alpha value is -1.30. The van der Waals surface area contributed by atoms with Gasteiger partial charge in [0, 0.05) is 32.2 Å². The van der Waals surface area contributed by atoms with Gasteiger partial charge in [0.1, 0.15) is 0 Å². The molecule has 5 atom stereocenters. The summed E-state index contributed by atoms with van der Waals surface area (Å²) in [6, 6.07) is 0.369. The van der Waals surface area contributed by atoms with Gasteiger partial charge in [0.05, 0.1) is 24.3 Å². The maximum atomic E-state index is 12.3. The SMILES string of the molecule is COC1CCC(C2CC(CCC(=O)NCCCNC3NNC(=O)C4CCCNC34)NO2)CC1. The molecule has 3 aliphatic heterocycles. The first-order valence-electron chi connectivity index (χ1n) is 12.9. The maximum Gasteiger partial charge on any atom is 0.238 e. The highest BCUT2D eigenvalue weighted by Crippen LogP contribution is 2.33. The molecule has 0 spiro atoms. The molecule has 0 bridgehead atoms. The van der Waals surface area contributed by atoms with Crippen molar-refractivity contribution >= 4 is 11.8 Å². The quantitative estimate of drug-likeness (QED) is 0.250. The molecule has 33 heavy (non-hydrogen) atoms. The van der Waals surface area contributed by atoms with E-state index in [1.54, 1.807) is 7.11 Å². The zero-order valence-electron chi connectivity index (χ0n) is 19.9. The van der Waals surface area contributed by atoms with Gasteiger partial charge >= 0.3 is 0 Å². The fourth-order valence-electron chi connectivity index (χ4n) is 5.76. The van der Waals surface area contributed by atoms with Crippen molar-refractivity contribution in [1.29, 1.82) is 0 Å². The highest BCUT2D eigenvalue weighted by Gasteiger charge is 2.39. The number of rotatable bonds is 10. The van der Waals surface area contributed by atoms with Crippen LogP contribution in [-0.2, 0) is 19.2 Å². The second kappa shape index (κ2) is 12.4. The van der Waals surface area contributed by atoms with Crippen molar-refractivity contribution in [2.24, 2.45) is 11.8 Å². The zero-order valence-corrected chi connectivity index (χ0v) is 19.9. The molecule has 10 nitrogen and oxygen atoms in total. The summed E-state index contributed by atoms with van der Waals surface area (Å²) in [4.78, 5) is 30.1. The third-order valence-corrected chi connectivity index (χ3v) is 7.79. The average molecular weight is 467 g/mol. The Kier molecular flexibility index (Phi) is 9.34. The molecule has 6 N–H and O–H groups in total. The van der Waals surface area contributed by atoms with E-state index in [0.29, 0.717) is 25.0 Å². The highest BCUT2D eigenvalue weighted by atomic mass is 16.7. The van der Waals surface area contributed by atoms with Gasteiger partial charge in [0.15, 0.2) is 0 Å². The third-order valence-electron chi connectivity index (χ3n) is 7.79. The number of nitrogens with one attached hydrogen (secondary N) is 6. The van der Waals surface area contributed by atoms with Gasteiger partial charge in [-0.3, -0.25) is 25.2 Å². The van der Waals surface area contributed by atoms with Gasteiger partial charge in [-0.25, -0.2) is 5.43 Å². The summed E-state index contributed by atoms with van der Waals surface area (Å²) < 4.78 is 5.47. The van der Waals surface area contributed by atoms with Crippen LogP contribution < -0.4 is 32.3 Å². The summed E-state index contributed by atoms with van der Waals surface area (Å²) >= 11 is 0. The first-order chi connectivity index (χ1) is 16.1. The standard InChI is InChI=1S/C23H42N6O4/c1-32-17-8-5-15(6-9-17)19-14-16(29-33-19)7-10-20(30)24-12-3-13-26-22-21-18(4-2-11-25-21)23(31)28-27-22/h15-19,21-22,25-27,29H,2-14H2,1H3,(H,24,30)(H,28,31). The van der Waals surface area contributed by atoms with Gasteiger partial charge in [-0.05, 0) is 76.8 Å². The van der Waals surface area contributed by atoms with Crippen molar-refractivity contribution < 1.29 is 19.2 Å². The molecule has 1 aliphatic carbocycles. The molecule has 5 unspecified atom stereocenters.